The molecular formula is C17H33N3O2. The number of likely N-dealkylation sites (tertiary alicyclic amines) is 2. The van der Waals surface area contributed by atoms with Crippen LogP contribution in [0.15, 0.2) is 0 Å². The number of nitrogens with zero attached hydrogens (tertiary/aromatic N) is 3. The van der Waals surface area contributed by atoms with Gasteiger partial charge in [0.05, 0.1) is 6.10 Å². The van der Waals surface area contributed by atoms with Gasteiger partial charge in [0.1, 0.15) is 0 Å². The molecule has 1 unspecified atom stereocenters. The number of aliphatic hydroxyl groups is 1. The summed E-state index contributed by atoms with van der Waals surface area (Å²) in [7, 11) is 2.03. The third kappa shape index (κ3) is 5.21. The zero-order valence-corrected chi connectivity index (χ0v) is 14.3. The van der Waals surface area contributed by atoms with E-state index in [-0.39, 0.29) is 12.0 Å². The minimum Gasteiger partial charge on any atom is -0.390 e. The largest absolute Gasteiger partial charge is 0.390 e. The van der Waals surface area contributed by atoms with E-state index in [2.05, 4.69) is 21.6 Å². The normalized spacial score (nSPS) is 23.0. The van der Waals surface area contributed by atoms with E-state index in [9.17, 15) is 9.90 Å². The smallest absolute Gasteiger partial charge is 0.225 e. The highest BCUT2D eigenvalue weighted by Crippen LogP contribution is 2.22. The molecule has 0 aromatic rings. The van der Waals surface area contributed by atoms with Crippen LogP contribution in [0.2, 0.25) is 0 Å². The van der Waals surface area contributed by atoms with Crippen LogP contribution in [0.3, 0.4) is 0 Å². The van der Waals surface area contributed by atoms with Crippen molar-refractivity contribution in [3.8, 4) is 0 Å². The number of amides is 1. The van der Waals surface area contributed by atoms with Crippen LogP contribution in [0, 0.1) is 5.92 Å². The van der Waals surface area contributed by atoms with Gasteiger partial charge in [0.25, 0.3) is 0 Å². The zero-order valence-electron chi connectivity index (χ0n) is 14.3. The summed E-state index contributed by atoms with van der Waals surface area (Å²) in [5.41, 5.74) is 0. The highest BCUT2D eigenvalue weighted by Gasteiger charge is 2.29. The second kappa shape index (κ2) is 8.85. The van der Waals surface area contributed by atoms with Crippen LogP contribution in [0.5, 0.6) is 0 Å². The number of hydrogen-bond acceptors (Lipinski definition) is 4. The van der Waals surface area contributed by atoms with E-state index in [1.807, 2.05) is 7.05 Å². The van der Waals surface area contributed by atoms with Crippen molar-refractivity contribution in [2.45, 2.75) is 45.1 Å². The molecule has 2 aliphatic heterocycles. The lowest BCUT2D eigenvalue weighted by Gasteiger charge is -2.36. The van der Waals surface area contributed by atoms with Crippen LogP contribution in [0.25, 0.3) is 0 Å². The Bertz CT molecular complexity index is 337. The molecule has 0 aromatic carbocycles. The number of hydrogen-bond donors (Lipinski definition) is 1. The molecule has 0 spiro atoms. The number of carbonyl (C=O) groups excluding carboxylic acids is 1. The molecule has 1 atom stereocenters. The lowest BCUT2D eigenvalue weighted by Crippen LogP contribution is -2.46. The van der Waals surface area contributed by atoms with E-state index in [1.54, 1.807) is 0 Å². The fraction of sp³-hybridized carbons (Fsp3) is 0.941. The molecule has 22 heavy (non-hydrogen) atoms. The van der Waals surface area contributed by atoms with Gasteiger partial charge in [0.2, 0.25) is 5.91 Å². The van der Waals surface area contributed by atoms with Gasteiger partial charge in [-0.1, -0.05) is 6.92 Å². The van der Waals surface area contributed by atoms with Gasteiger partial charge in [-0.2, -0.15) is 0 Å². The quantitative estimate of drug-likeness (QED) is 0.796. The lowest BCUT2D eigenvalue weighted by molar-refractivity contribution is -0.138. The summed E-state index contributed by atoms with van der Waals surface area (Å²) >= 11 is 0. The minimum atomic E-state index is -0.292. The van der Waals surface area contributed by atoms with Gasteiger partial charge in [-0.05, 0) is 58.8 Å². The third-order valence-corrected chi connectivity index (χ3v) is 5.14. The maximum atomic E-state index is 12.5. The van der Waals surface area contributed by atoms with Gasteiger partial charge in [0, 0.05) is 32.1 Å². The van der Waals surface area contributed by atoms with E-state index >= 15 is 0 Å². The molecule has 2 fully saturated rings. The molecular weight excluding hydrogens is 278 g/mol. The summed E-state index contributed by atoms with van der Waals surface area (Å²) in [6, 6.07) is 0. The number of β-amino-alcohol motifs (C(OH)–C–C–N with tert-alkyl or cyclic N) is 1. The summed E-state index contributed by atoms with van der Waals surface area (Å²) in [6.45, 7) is 8.32. The molecule has 5 heteroatoms. The van der Waals surface area contributed by atoms with Gasteiger partial charge >= 0.3 is 0 Å². The van der Waals surface area contributed by atoms with Crippen LogP contribution < -0.4 is 0 Å². The Labute approximate surface area is 135 Å². The van der Waals surface area contributed by atoms with Gasteiger partial charge in [-0.3, -0.25) is 4.79 Å². The summed E-state index contributed by atoms with van der Waals surface area (Å²) < 4.78 is 0. The maximum absolute atomic E-state index is 12.5. The van der Waals surface area contributed by atoms with Crippen molar-refractivity contribution in [3.63, 3.8) is 0 Å². The van der Waals surface area contributed by atoms with E-state index in [4.69, 9.17) is 0 Å². The zero-order chi connectivity index (χ0) is 15.9. The van der Waals surface area contributed by atoms with Crippen LogP contribution in [-0.2, 0) is 4.79 Å². The highest BCUT2D eigenvalue weighted by molar-refractivity contribution is 5.79. The SMILES string of the molecule is CCN(C)CC(O)CN1CCC(C(=O)N2CCCCC2)CC1. The number of piperidine rings is 2. The van der Waals surface area contributed by atoms with Crippen molar-refractivity contribution in [1.82, 2.24) is 14.7 Å². The fourth-order valence-corrected chi connectivity index (χ4v) is 3.58. The molecule has 128 valence electrons. The Hall–Kier alpha value is -0.650. The topological polar surface area (TPSA) is 47.0 Å². The lowest BCUT2D eigenvalue weighted by atomic mass is 9.94. The van der Waals surface area contributed by atoms with Gasteiger partial charge < -0.3 is 19.8 Å². The second-order valence-electron chi connectivity index (χ2n) is 6.97. The van der Waals surface area contributed by atoms with E-state index < -0.39 is 0 Å². The molecule has 1 N–H and O–H groups in total. The average molecular weight is 311 g/mol. The predicted molar refractivity (Wildman–Crippen MR) is 88.8 cm³/mol. The Morgan fingerprint density at radius 1 is 1.18 bits per heavy atom. The molecule has 5 nitrogen and oxygen atoms in total. The van der Waals surface area contributed by atoms with Crippen LogP contribution in [0.4, 0.5) is 0 Å². The Morgan fingerprint density at radius 3 is 2.41 bits per heavy atom. The molecule has 2 rings (SSSR count). The standard InChI is InChI=1S/C17H33N3O2/c1-3-18(2)13-16(21)14-19-11-7-15(8-12-19)17(22)20-9-5-4-6-10-20/h15-16,21H,3-14H2,1-2H3. The summed E-state index contributed by atoms with van der Waals surface area (Å²) in [4.78, 5) is 19.0. The molecule has 2 heterocycles. The molecule has 0 radical (unpaired) electrons. The first kappa shape index (κ1) is 17.7. The molecule has 1 amide bonds. The monoisotopic (exact) mass is 311 g/mol. The first-order valence-corrected chi connectivity index (χ1v) is 8.98. The Balaban J connectivity index is 1.69. The molecule has 0 bridgehead atoms. The van der Waals surface area contributed by atoms with Crippen molar-refractivity contribution in [1.29, 1.82) is 0 Å². The number of likely N-dealkylation sites (N-methyl/N-ethyl adjacent to an activating group) is 1. The van der Waals surface area contributed by atoms with Gasteiger partial charge in [-0.15, -0.1) is 0 Å². The van der Waals surface area contributed by atoms with Crippen LogP contribution in [0.1, 0.15) is 39.0 Å². The van der Waals surface area contributed by atoms with Crippen molar-refractivity contribution in [3.05, 3.63) is 0 Å². The van der Waals surface area contributed by atoms with E-state index in [1.165, 1.54) is 19.3 Å². The van der Waals surface area contributed by atoms with E-state index in [0.29, 0.717) is 5.91 Å². The highest BCUT2D eigenvalue weighted by atomic mass is 16.3. The molecule has 2 saturated heterocycles. The van der Waals surface area contributed by atoms with Crippen LogP contribution in [-0.4, -0.2) is 84.7 Å². The van der Waals surface area contributed by atoms with Crippen molar-refractivity contribution in [2.24, 2.45) is 5.92 Å². The number of aliphatic hydroxyl groups excluding tert-OH is 1. The molecule has 0 aromatic heterocycles. The van der Waals surface area contributed by atoms with Crippen LogP contribution >= 0.6 is 0 Å². The van der Waals surface area contributed by atoms with Crippen molar-refractivity contribution in [2.75, 3.05) is 52.9 Å². The molecule has 2 aliphatic rings. The molecule has 0 saturated carbocycles. The third-order valence-electron chi connectivity index (χ3n) is 5.14. The first-order valence-electron chi connectivity index (χ1n) is 8.98. The van der Waals surface area contributed by atoms with E-state index in [0.717, 1.165) is 58.7 Å². The summed E-state index contributed by atoms with van der Waals surface area (Å²) in [6.07, 6.45) is 5.21. The van der Waals surface area contributed by atoms with Gasteiger partial charge in [0.15, 0.2) is 0 Å². The predicted octanol–water partition coefficient (Wildman–Crippen LogP) is 1.02. The Kier molecular flexibility index (Phi) is 7.12. The number of carbonyl (C=O) groups is 1. The minimum absolute atomic E-state index is 0.213. The first-order chi connectivity index (χ1) is 10.6. The fourth-order valence-electron chi connectivity index (χ4n) is 3.58. The van der Waals surface area contributed by atoms with Crippen molar-refractivity contribution < 1.29 is 9.90 Å². The van der Waals surface area contributed by atoms with Crippen molar-refractivity contribution >= 4 is 5.91 Å². The molecule has 0 aliphatic carbocycles. The summed E-state index contributed by atoms with van der Waals surface area (Å²) in [5.74, 6) is 0.593. The summed E-state index contributed by atoms with van der Waals surface area (Å²) in [5, 5.41) is 10.1. The van der Waals surface area contributed by atoms with Gasteiger partial charge in [-0.25, -0.2) is 0 Å². The second-order valence-corrected chi connectivity index (χ2v) is 6.97. The average Bonchev–Trinajstić information content (AvgIpc) is 2.55. The Morgan fingerprint density at radius 2 is 1.82 bits per heavy atom. The number of rotatable bonds is 6. The maximum Gasteiger partial charge on any atom is 0.225 e.